The minimum atomic E-state index is -0.553. The van der Waals surface area contributed by atoms with E-state index in [9.17, 15) is 9.59 Å². The summed E-state index contributed by atoms with van der Waals surface area (Å²) in [5, 5.41) is 6.90. The van der Waals surface area contributed by atoms with Gasteiger partial charge < -0.3 is 10.1 Å². The van der Waals surface area contributed by atoms with E-state index in [4.69, 9.17) is 10.6 Å². The van der Waals surface area contributed by atoms with Crippen LogP contribution in [0, 0.1) is 6.92 Å². The first-order valence-electron chi connectivity index (χ1n) is 7.68. The Labute approximate surface area is 145 Å². The number of nitrogens with one attached hydrogen (secondary N) is 2. The molecule has 0 aliphatic carbocycles. The Morgan fingerprint density at radius 2 is 2.04 bits per heavy atom. The van der Waals surface area contributed by atoms with Crippen LogP contribution in [0.3, 0.4) is 0 Å². The molecule has 25 heavy (non-hydrogen) atoms. The molecule has 0 atom stereocenters. The first-order chi connectivity index (χ1) is 11.7. The average Bonchev–Trinajstić information content (AvgIpc) is 2.99. The zero-order chi connectivity index (χ0) is 18.6. The summed E-state index contributed by atoms with van der Waals surface area (Å²) in [6.45, 7) is 7.43. The standard InChI is InChI=1S/C16H22N6O3/c1-10-5-12(6-13(20-10)14(23)21-17)22-9-11(8-19-22)7-18-15(24)25-16(2,3)4/h5-6,8-9H,7,17H2,1-4H3,(H,18,24)(H,21,23). The van der Waals surface area contributed by atoms with Crippen LogP contribution in [0.15, 0.2) is 24.5 Å². The Hall–Kier alpha value is -2.94. The smallest absolute Gasteiger partial charge is 0.407 e. The zero-order valence-electron chi connectivity index (χ0n) is 14.7. The lowest BCUT2D eigenvalue weighted by molar-refractivity contribution is 0.0523. The summed E-state index contributed by atoms with van der Waals surface area (Å²) < 4.78 is 6.77. The molecule has 0 saturated carbocycles. The molecule has 0 aromatic carbocycles. The average molecular weight is 346 g/mol. The van der Waals surface area contributed by atoms with E-state index in [1.807, 2.05) is 0 Å². The topological polar surface area (TPSA) is 124 Å². The van der Waals surface area contributed by atoms with E-state index in [1.54, 1.807) is 56.9 Å². The Morgan fingerprint density at radius 1 is 1.32 bits per heavy atom. The van der Waals surface area contributed by atoms with E-state index in [-0.39, 0.29) is 12.2 Å². The summed E-state index contributed by atoms with van der Waals surface area (Å²) in [5.41, 5.74) is 3.79. The molecule has 2 amide bonds. The van der Waals surface area contributed by atoms with Crippen LogP contribution in [0.5, 0.6) is 0 Å². The van der Waals surface area contributed by atoms with Gasteiger partial charge in [0.15, 0.2) is 0 Å². The predicted octanol–water partition coefficient (Wildman–Crippen LogP) is 1.20. The molecule has 9 heteroatoms. The highest BCUT2D eigenvalue weighted by atomic mass is 16.6. The monoisotopic (exact) mass is 346 g/mol. The highest BCUT2D eigenvalue weighted by Crippen LogP contribution is 2.12. The second-order valence-electron chi connectivity index (χ2n) is 6.47. The number of hydrogen-bond donors (Lipinski definition) is 3. The Balaban J connectivity index is 2.10. The van der Waals surface area contributed by atoms with Gasteiger partial charge in [0.1, 0.15) is 11.3 Å². The quantitative estimate of drug-likeness (QED) is 0.434. The number of carbonyl (C=O) groups excluding carboxylic acids is 2. The van der Waals surface area contributed by atoms with Crippen molar-refractivity contribution in [1.29, 1.82) is 0 Å². The van der Waals surface area contributed by atoms with Crippen LogP contribution in [-0.2, 0) is 11.3 Å². The van der Waals surface area contributed by atoms with Gasteiger partial charge in [-0.3, -0.25) is 10.2 Å². The van der Waals surface area contributed by atoms with Crippen molar-refractivity contribution in [2.75, 3.05) is 0 Å². The number of alkyl carbamates (subject to hydrolysis) is 1. The first kappa shape index (κ1) is 18.4. The summed E-state index contributed by atoms with van der Waals surface area (Å²) in [6, 6.07) is 3.36. The summed E-state index contributed by atoms with van der Waals surface area (Å²) in [5.74, 6) is 4.66. The van der Waals surface area contributed by atoms with Crippen LogP contribution in [0.25, 0.3) is 5.69 Å². The maximum atomic E-state index is 11.7. The molecular weight excluding hydrogens is 324 g/mol. The number of amides is 2. The van der Waals surface area contributed by atoms with Crippen molar-refractivity contribution in [2.45, 2.75) is 39.8 Å². The van der Waals surface area contributed by atoms with Crippen LogP contribution in [0.4, 0.5) is 4.79 Å². The molecule has 0 unspecified atom stereocenters. The Kier molecular flexibility index (Phi) is 5.38. The summed E-state index contributed by atoms with van der Waals surface area (Å²) in [6.07, 6.45) is 2.87. The normalized spacial score (nSPS) is 11.1. The number of nitrogen functional groups attached to an aromatic ring is 1. The Bertz CT molecular complexity index is 778. The molecule has 0 aliphatic rings. The number of ether oxygens (including phenoxy) is 1. The van der Waals surface area contributed by atoms with Crippen molar-refractivity contribution < 1.29 is 14.3 Å². The van der Waals surface area contributed by atoms with Crippen molar-refractivity contribution in [1.82, 2.24) is 25.5 Å². The van der Waals surface area contributed by atoms with Crippen LogP contribution in [0.2, 0.25) is 0 Å². The van der Waals surface area contributed by atoms with E-state index < -0.39 is 17.6 Å². The molecule has 9 nitrogen and oxygen atoms in total. The van der Waals surface area contributed by atoms with Gasteiger partial charge in [-0.2, -0.15) is 5.10 Å². The Morgan fingerprint density at radius 3 is 2.68 bits per heavy atom. The van der Waals surface area contributed by atoms with Gasteiger partial charge in [-0.15, -0.1) is 0 Å². The maximum absolute atomic E-state index is 11.7. The first-order valence-corrected chi connectivity index (χ1v) is 7.68. The minimum absolute atomic E-state index is 0.196. The summed E-state index contributed by atoms with van der Waals surface area (Å²) >= 11 is 0. The van der Waals surface area contributed by atoms with Gasteiger partial charge in [0, 0.05) is 24.0 Å². The number of hydrogen-bond acceptors (Lipinski definition) is 6. The lowest BCUT2D eigenvalue weighted by atomic mass is 10.2. The SMILES string of the molecule is Cc1cc(-n2cc(CNC(=O)OC(C)(C)C)cn2)cc(C(=O)NN)n1. The van der Waals surface area contributed by atoms with Gasteiger partial charge >= 0.3 is 6.09 Å². The lowest BCUT2D eigenvalue weighted by Gasteiger charge is -2.19. The molecular formula is C16H22N6O3. The fraction of sp³-hybridized carbons (Fsp3) is 0.375. The second-order valence-corrected chi connectivity index (χ2v) is 6.47. The zero-order valence-corrected chi connectivity index (χ0v) is 14.7. The van der Waals surface area contributed by atoms with E-state index in [0.717, 1.165) is 5.56 Å². The number of nitrogens with zero attached hydrogens (tertiary/aromatic N) is 3. The third-order valence-electron chi connectivity index (χ3n) is 3.04. The van der Waals surface area contributed by atoms with E-state index in [2.05, 4.69) is 20.8 Å². The number of aromatic nitrogens is 3. The number of pyridine rings is 1. The molecule has 2 aromatic heterocycles. The molecule has 0 radical (unpaired) electrons. The molecule has 4 N–H and O–H groups in total. The fourth-order valence-electron chi connectivity index (χ4n) is 2.05. The van der Waals surface area contributed by atoms with E-state index in [0.29, 0.717) is 11.4 Å². The van der Waals surface area contributed by atoms with Crippen molar-refractivity contribution >= 4 is 12.0 Å². The van der Waals surface area contributed by atoms with E-state index in [1.165, 1.54) is 0 Å². The van der Waals surface area contributed by atoms with E-state index >= 15 is 0 Å². The largest absolute Gasteiger partial charge is 0.444 e. The molecule has 0 aliphatic heterocycles. The van der Waals surface area contributed by atoms with Gasteiger partial charge in [-0.1, -0.05) is 0 Å². The van der Waals surface area contributed by atoms with Gasteiger partial charge in [0.2, 0.25) is 0 Å². The van der Waals surface area contributed by atoms with Crippen molar-refractivity contribution in [2.24, 2.45) is 5.84 Å². The lowest BCUT2D eigenvalue weighted by Crippen LogP contribution is -2.32. The molecule has 2 rings (SSSR count). The number of hydrazine groups is 1. The number of rotatable bonds is 4. The van der Waals surface area contributed by atoms with Gasteiger partial charge in [-0.25, -0.2) is 20.3 Å². The molecule has 2 aromatic rings. The third kappa shape index (κ3) is 5.28. The summed E-state index contributed by atoms with van der Waals surface area (Å²) in [7, 11) is 0. The van der Waals surface area contributed by atoms with Gasteiger partial charge in [0.25, 0.3) is 5.91 Å². The summed E-state index contributed by atoms with van der Waals surface area (Å²) in [4.78, 5) is 27.5. The van der Waals surface area contributed by atoms with Crippen LogP contribution in [0.1, 0.15) is 42.5 Å². The van der Waals surface area contributed by atoms with Gasteiger partial charge in [0.05, 0.1) is 11.9 Å². The highest BCUT2D eigenvalue weighted by Gasteiger charge is 2.16. The number of nitrogens with two attached hydrogens (primary N) is 1. The predicted molar refractivity (Wildman–Crippen MR) is 90.8 cm³/mol. The third-order valence-corrected chi connectivity index (χ3v) is 3.04. The fourth-order valence-corrected chi connectivity index (χ4v) is 2.05. The molecule has 0 bridgehead atoms. The van der Waals surface area contributed by atoms with Gasteiger partial charge in [-0.05, 0) is 39.8 Å². The molecule has 0 saturated heterocycles. The second kappa shape index (κ2) is 7.31. The number of carbonyl (C=O) groups is 2. The molecule has 0 fully saturated rings. The van der Waals surface area contributed by atoms with Crippen molar-refractivity contribution in [3.05, 3.63) is 41.5 Å². The van der Waals surface area contributed by atoms with Crippen molar-refractivity contribution in [3.63, 3.8) is 0 Å². The highest BCUT2D eigenvalue weighted by molar-refractivity contribution is 5.92. The molecule has 0 spiro atoms. The van der Waals surface area contributed by atoms with Crippen LogP contribution < -0.4 is 16.6 Å². The number of aryl methyl sites for hydroxylation is 1. The minimum Gasteiger partial charge on any atom is -0.444 e. The van der Waals surface area contributed by atoms with Crippen molar-refractivity contribution in [3.8, 4) is 5.69 Å². The van der Waals surface area contributed by atoms with Crippen LogP contribution >= 0.6 is 0 Å². The molecule has 2 heterocycles. The maximum Gasteiger partial charge on any atom is 0.407 e. The molecule has 134 valence electrons. The van der Waals surface area contributed by atoms with Crippen LogP contribution in [-0.4, -0.2) is 32.4 Å².